The second-order valence-electron chi connectivity index (χ2n) is 28.5. The van der Waals surface area contributed by atoms with Crippen LogP contribution in [0.3, 0.4) is 0 Å². The average molecular weight is 1920 g/mol. The van der Waals surface area contributed by atoms with Crippen LogP contribution in [0.25, 0.3) is 10.8 Å². The highest BCUT2D eigenvalue weighted by molar-refractivity contribution is 5.94. The first-order valence-corrected chi connectivity index (χ1v) is 43.5. The molecule has 34 nitrogen and oxygen atoms in total. The maximum Gasteiger partial charge on any atom is 0.513 e. The molecule has 10 rings (SSSR count). The van der Waals surface area contributed by atoms with Crippen LogP contribution in [-0.4, -0.2) is 153 Å². The predicted octanol–water partition coefficient (Wildman–Crippen LogP) is 19.6. The summed E-state index contributed by atoms with van der Waals surface area (Å²) in [6.07, 6.45) is 10.7. The van der Waals surface area contributed by atoms with Crippen LogP contribution in [-0.2, 0) is 67.1 Å². The fourth-order valence-corrected chi connectivity index (χ4v) is 11.2. The number of ether oxygens (including phenoxy) is 20. The molecular weight excluding hydrogens is 1820 g/mol. The summed E-state index contributed by atoms with van der Waals surface area (Å²) < 4.78 is 106. The zero-order valence-electron chi connectivity index (χ0n) is 76.9. The fourth-order valence-electron chi connectivity index (χ4n) is 11.2. The molecule has 0 atom stereocenters. The largest absolute Gasteiger partial charge is 0.513 e. The Labute approximate surface area is 807 Å². The molecule has 0 unspecified atom stereocenters. The molecule has 0 aromatic heterocycles. The molecule has 0 saturated carbocycles. The number of carbonyl (C=O) groups excluding carboxylic acids is 10. The number of hydrogen-bond donors (Lipinski definition) is 0. The van der Waals surface area contributed by atoms with Gasteiger partial charge in [-0.25, -0.2) is 47.9 Å². The SMILES string of the molecule is C=C=COOCCCCOc1ccc(OCOc2ccc(OC(=O)c3ccc(OCCCCOC(=O)C=C)cc3)cc2C)cc1.C=C=COOCCCCOc1ccc(OCOc2ccc3cc(OC(=O)c4ccc(OCCCCOC(=O)C=C)cc4)ccc3c2)cc1.C=CC(=O)OCCOC(=O)Oc1ccc(C(=O)Oc2ccc(OC(=O)c3ccc(OC(=O)OCCOC(=O)C=C)cc3)c(C)c2)cc1. The van der Waals surface area contributed by atoms with E-state index in [1.807, 2.05) is 67.6 Å². The van der Waals surface area contributed by atoms with E-state index < -0.39 is 60.1 Å². The molecule has 0 fully saturated rings. The maximum absolute atomic E-state index is 12.7. The van der Waals surface area contributed by atoms with Crippen molar-refractivity contribution in [1.29, 1.82) is 0 Å². The van der Waals surface area contributed by atoms with E-state index in [1.54, 1.807) is 97.9 Å². The van der Waals surface area contributed by atoms with Gasteiger partial charge in [-0.05, 0) is 293 Å². The first kappa shape index (κ1) is 108. The number of benzene rings is 10. The molecule has 0 heterocycles. The standard InChI is InChI=1S/C38H38O10.C35H38O10.C33H28O14/c1-3-21-46-47-25-8-7-23-42-33-17-19-34(20-18-33)44-28-45-35-15-11-31-27-36(16-12-30(31)26-35)48-38(40)29-9-13-32(14-10-29)41-22-5-6-24-43-37(39)4-2;1-4-20-43-44-24-9-8-22-39-30-14-16-31(17-15-30)41-26-42-33-19-18-32(25-27(33)3)45-35(37)28-10-12-29(13-11-28)38-21-6-7-23-40-34(36)5-2;1-4-28(34)40-16-18-42-32(38)45-24-10-6-22(7-11-24)30(36)44-26-14-15-27(21(3)20-26)47-31(37)23-8-12-25(13-9-23)46-33(39)43-19-17-41-29(35)5-2/h4,9-21,26-27H,1-2,5-8,22-25,28H2;5,10-20,25H,1-2,6-9,21-24,26H2,3H3;4-15,20H,1-2,16-19H2,3H3. The highest BCUT2D eigenvalue weighted by Crippen LogP contribution is 2.31. The van der Waals surface area contributed by atoms with E-state index >= 15 is 0 Å². The highest BCUT2D eigenvalue weighted by Gasteiger charge is 2.19. The molecule has 0 radical (unpaired) electrons. The van der Waals surface area contributed by atoms with E-state index in [0.29, 0.717) is 141 Å². The van der Waals surface area contributed by atoms with Crippen LogP contribution in [0.15, 0.2) is 306 Å². The highest BCUT2D eigenvalue weighted by atomic mass is 17.2. The third-order valence-corrected chi connectivity index (χ3v) is 18.3. The number of esters is 8. The van der Waals surface area contributed by atoms with E-state index in [2.05, 4.69) is 60.4 Å². The molecular formula is C106H104O34. The number of unbranched alkanes of at least 4 members (excludes halogenated alkanes) is 4. The zero-order chi connectivity index (χ0) is 100. The molecule has 0 aliphatic heterocycles. The van der Waals surface area contributed by atoms with Gasteiger partial charge in [0.2, 0.25) is 13.6 Å². The molecule has 34 heteroatoms. The van der Waals surface area contributed by atoms with Gasteiger partial charge in [0.25, 0.3) is 0 Å². The second kappa shape index (κ2) is 62.3. The van der Waals surface area contributed by atoms with Crippen LogP contribution in [0, 0.1) is 13.8 Å². The average Bonchev–Trinajstić information content (AvgIpc) is 0.823. The van der Waals surface area contributed by atoms with Gasteiger partial charge in [0.15, 0.2) is 12.5 Å². The van der Waals surface area contributed by atoms with Crippen molar-refractivity contribution >= 4 is 70.8 Å². The van der Waals surface area contributed by atoms with Gasteiger partial charge in [0, 0.05) is 24.3 Å². The number of rotatable bonds is 56. The lowest BCUT2D eigenvalue weighted by Gasteiger charge is -2.12. The quantitative estimate of drug-likeness (QED) is 0.00292. The lowest BCUT2D eigenvalue weighted by Crippen LogP contribution is -2.16. The number of fused-ring (bicyclic) bond motifs is 1. The normalized spacial score (nSPS) is 10.2. The molecule has 140 heavy (non-hydrogen) atoms. The van der Waals surface area contributed by atoms with Crippen LogP contribution in [0.5, 0.6) is 80.5 Å². The van der Waals surface area contributed by atoms with Crippen molar-refractivity contribution in [3.05, 3.63) is 340 Å². The van der Waals surface area contributed by atoms with E-state index in [1.165, 1.54) is 79.3 Å². The molecule has 0 aliphatic rings. The molecule has 10 aromatic rings. The third kappa shape index (κ3) is 42.1. The van der Waals surface area contributed by atoms with Crippen LogP contribution in [0.4, 0.5) is 9.59 Å². The lowest BCUT2D eigenvalue weighted by atomic mass is 10.1. The van der Waals surface area contributed by atoms with E-state index in [-0.39, 0.29) is 74.1 Å². The summed E-state index contributed by atoms with van der Waals surface area (Å²) in [5.41, 5.74) is 7.28. The third-order valence-electron chi connectivity index (χ3n) is 18.3. The minimum Gasteiger partial charge on any atom is -0.494 e. The lowest BCUT2D eigenvalue weighted by molar-refractivity contribution is -0.249. The summed E-state index contributed by atoms with van der Waals surface area (Å²) in [6.45, 7) is 26.3. The second-order valence-corrected chi connectivity index (χ2v) is 28.5. The van der Waals surface area contributed by atoms with Crippen LogP contribution in [0.2, 0.25) is 0 Å². The van der Waals surface area contributed by atoms with Crippen LogP contribution >= 0.6 is 0 Å². The van der Waals surface area contributed by atoms with Gasteiger partial charge in [0.1, 0.15) is 107 Å². The van der Waals surface area contributed by atoms with Crippen molar-refractivity contribution in [3.63, 3.8) is 0 Å². The van der Waals surface area contributed by atoms with Gasteiger partial charge < -0.3 is 105 Å². The Morgan fingerprint density at radius 3 is 0.871 bits per heavy atom. The van der Waals surface area contributed by atoms with Gasteiger partial charge in [-0.1, -0.05) is 63.1 Å². The van der Waals surface area contributed by atoms with Crippen molar-refractivity contribution in [2.75, 3.05) is 92.9 Å². The summed E-state index contributed by atoms with van der Waals surface area (Å²) in [5, 5.41) is 1.81. The van der Waals surface area contributed by atoms with Crippen LogP contribution in [0.1, 0.15) is 104 Å². The fraction of sp³-hybridized carbons (Fsp3) is 0.226. The minimum atomic E-state index is -1.03. The van der Waals surface area contributed by atoms with Crippen molar-refractivity contribution in [2.45, 2.75) is 65.2 Å². The Kier molecular flexibility index (Phi) is 48.1. The summed E-state index contributed by atoms with van der Waals surface area (Å²) in [5.74, 6) is 2.12. The minimum absolute atomic E-state index is 0.000471. The zero-order valence-corrected chi connectivity index (χ0v) is 76.9. The van der Waals surface area contributed by atoms with Crippen molar-refractivity contribution in [1.82, 2.24) is 0 Å². The first-order chi connectivity index (χ1) is 68.1. The molecule has 0 amide bonds. The molecule has 10 aromatic carbocycles. The maximum atomic E-state index is 12.7. The summed E-state index contributed by atoms with van der Waals surface area (Å²) in [6, 6.07) is 59.5. The number of carbonyl (C=O) groups is 10. The number of aryl methyl sites for hydroxylation is 2. The van der Waals surface area contributed by atoms with E-state index in [9.17, 15) is 47.9 Å². The molecule has 0 aliphatic carbocycles. The van der Waals surface area contributed by atoms with E-state index in [0.717, 1.165) is 77.8 Å². The Balaban J connectivity index is 0.000000257. The Bertz CT molecular complexity index is 5800. The molecule has 0 N–H and O–H groups in total. The smallest absolute Gasteiger partial charge is 0.494 e. The van der Waals surface area contributed by atoms with E-state index in [4.69, 9.17) is 105 Å². The van der Waals surface area contributed by atoms with Gasteiger partial charge in [-0.2, -0.15) is 9.78 Å². The molecule has 0 spiro atoms. The van der Waals surface area contributed by atoms with Gasteiger partial charge in [0.05, 0.1) is 75.1 Å². The first-order valence-electron chi connectivity index (χ1n) is 43.5. The van der Waals surface area contributed by atoms with Gasteiger partial charge in [-0.15, -0.1) is 0 Å². The topological polar surface area (TPSA) is 392 Å². The Morgan fingerprint density at radius 1 is 0.250 bits per heavy atom. The Hall–Kier alpha value is -17.3. The molecule has 732 valence electrons. The van der Waals surface area contributed by atoms with Crippen molar-refractivity contribution < 1.29 is 162 Å². The molecule has 0 bridgehead atoms. The summed E-state index contributed by atoms with van der Waals surface area (Å²) in [4.78, 5) is 137. The summed E-state index contributed by atoms with van der Waals surface area (Å²) >= 11 is 0. The Morgan fingerprint density at radius 2 is 0.514 bits per heavy atom. The molecule has 0 saturated heterocycles. The monoisotopic (exact) mass is 1920 g/mol. The van der Waals surface area contributed by atoms with Gasteiger partial charge >= 0.3 is 60.1 Å². The summed E-state index contributed by atoms with van der Waals surface area (Å²) in [7, 11) is 0. The van der Waals surface area contributed by atoms with Crippen molar-refractivity contribution in [2.24, 2.45) is 0 Å². The number of hydrogen-bond acceptors (Lipinski definition) is 34. The predicted molar refractivity (Wildman–Crippen MR) is 506 cm³/mol. The van der Waals surface area contributed by atoms with Gasteiger partial charge in [-0.3, -0.25) is 0 Å². The van der Waals surface area contributed by atoms with Crippen molar-refractivity contribution in [3.8, 4) is 80.5 Å². The van der Waals surface area contributed by atoms with Crippen LogP contribution < -0.4 is 66.3 Å².